The van der Waals surface area contributed by atoms with E-state index in [2.05, 4.69) is 9.71 Å². The van der Waals surface area contributed by atoms with Gasteiger partial charge in [0.15, 0.2) is 0 Å². The topological polar surface area (TPSA) is 94.3 Å². The molecule has 21 heavy (non-hydrogen) atoms. The zero-order valence-electron chi connectivity index (χ0n) is 11.6. The van der Waals surface area contributed by atoms with Crippen molar-refractivity contribution in [3.05, 3.63) is 35.3 Å². The second-order valence-electron chi connectivity index (χ2n) is 4.18. The molecule has 8 heteroatoms. The first kappa shape index (κ1) is 15.7. The summed E-state index contributed by atoms with van der Waals surface area (Å²) in [6, 6.07) is 6.60. The average Bonchev–Trinajstić information content (AvgIpc) is 2.91. The number of pyridine rings is 1. The summed E-state index contributed by atoms with van der Waals surface area (Å²) in [5.41, 5.74) is 5.86. The van der Waals surface area contributed by atoms with Crippen LogP contribution < -0.4 is 15.2 Å². The van der Waals surface area contributed by atoms with E-state index >= 15 is 0 Å². The van der Waals surface area contributed by atoms with Crippen molar-refractivity contribution >= 4 is 27.0 Å². The Hall–Kier alpha value is -1.64. The van der Waals surface area contributed by atoms with E-state index in [4.69, 9.17) is 10.5 Å². The smallest absolute Gasteiger partial charge is 0.271 e. The van der Waals surface area contributed by atoms with Crippen LogP contribution in [0.5, 0.6) is 5.88 Å². The quantitative estimate of drug-likeness (QED) is 0.809. The van der Waals surface area contributed by atoms with E-state index in [9.17, 15) is 8.42 Å². The van der Waals surface area contributed by atoms with Gasteiger partial charge in [-0.05, 0) is 38.1 Å². The van der Waals surface area contributed by atoms with Gasteiger partial charge in [-0.3, -0.25) is 4.72 Å². The molecule has 0 aliphatic carbocycles. The van der Waals surface area contributed by atoms with Crippen molar-refractivity contribution in [3.8, 4) is 5.88 Å². The zero-order valence-corrected chi connectivity index (χ0v) is 13.2. The van der Waals surface area contributed by atoms with Gasteiger partial charge in [0.1, 0.15) is 4.21 Å². The molecule has 3 N–H and O–H groups in total. The van der Waals surface area contributed by atoms with Gasteiger partial charge < -0.3 is 10.5 Å². The van der Waals surface area contributed by atoms with Crippen LogP contribution in [0.4, 0.5) is 5.69 Å². The van der Waals surface area contributed by atoms with Crippen LogP contribution >= 0.6 is 11.3 Å². The molecule has 0 saturated carbocycles. The molecule has 0 atom stereocenters. The van der Waals surface area contributed by atoms with E-state index in [0.717, 1.165) is 4.88 Å². The lowest BCUT2D eigenvalue weighted by Crippen LogP contribution is -2.11. The van der Waals surface area contributed by atoms with Gasteiger partial charge in [0, 0.05) is 10.9 Å². The third kappa shape index (κ3) is 4.16. The van der Waals surface area contributed by atoms with Crippen molar-refractivity contribution in [1.82, 2.24) is 4.98 Å². The Kier molecular flexibility index (Phi) is 5.16. The van der Waals surface area contributed by atoms with E-state index in [1.807, 2.05) is 6.92 Å². The Morgan fingerprint density at radius 2 is 2.14 bits per heavy atom. The third-order valence-corrected chi connectivity index (χ3v) is 5.59. The highest BCUT2D eigenvalue weighted by molar-refractivity contribution is 7.94. The summed E-state index contributed by atoms with van der Waals surface area (Å²) in [6.45, 7) is 2.86. The number of rotatable bonds is 7. The Labute approximate surface area is 128 Å². The van der Waals surface area contributed by atoms with Crippen molar-refractivity contribution in [2.24, 2.45) is 5.73 Å². The van der Waals surface area contributed by atoms with Crippen molar-refractivity contribution in [3.63, 3.8) is 0 Å². The molecule has 0 saturated heterocycles. The number of aromatic nitrogens is 1. The lowest BCUT2D eigenvalue weighted by molar-refractivity contribution is 0.327. The highest BCUT2D eigenvalue weighted by Gasteiger charge is 2.17. The largest absolute Gasteiger partial charge is 0.478 e. The molecule has 0 radical (unpaired) electrons. The number of thiophene rings is 1. The first-order valence-corrected chi connectivity index (χ1v) is 8.75. The molecule has 2 aromatic rings. The van der Waals surface area contributed by atoms with Crippen LogP contribution in [0.3, 0.4) is 0 Å². The van der Waals surface area contributed by atoms with E-state index in [1.165, 1.54) is 17.5 Å². The first-order valence-electron chi connectivity index (χ1n) is 6.45. The summed E-state index contributed by atoms with van der Waals surface area (Å²) in [5, 5.41) is 0. The molecule has 6 nitrogen and oxygen atoms in total. The maximum absolute atomic E-state index is 12.2. The monoisotopic (exact) mass is 327 g/mol. The molecule has 2 heterocycles. The maximum Gasteiger partial charge on any atom is 0.271 e. The lowest BCUT2D eigenvalue weighted by atomic mass is 10.3. The number of anilines is 1. The highest BCUT2D eigenvalue weighted by atomic mass is 32.2. The zero-order chi connectivity index (χ0) is 15.3. The number of sulfonamides is 1. The number of nitrogens with zero attached hydrogens (tertiary/aromatic N) is 1. The molecule has 0 unspecified atom stereocenters. The summed E-state index contributed by atoms with van der Waals surface area (Å²) in [4.78, 5) is 4.97. The van der Waals surface area contributed by atoms with Crippen LogP contribution in [-0.2, 0) is 16.4 Å². The molecule has 0 amide bonds. The third-order valence-electron chi connectivity index (χ3n) is 2.57. The minimum Gasteiger partial charge on any atom is -0.478 e. The van der Waals surface area contributed by atoms with Crippen molar-refractivity contribution in [2.45, 2.75) is 17.6 Å². The van der Waals surface area contributed by atoms with Gasteiger partial charge in [0.05, 0.1) is 18.5 Å². The standard InChI is InChI=1S/C13H17N3O3S2/c1-2-19-12-5-3-10(9-15-12)16-21(17,18)13-6-4-11(20-13)7-8-14/h3-6,9,16H,2,7-8,14H2,1H3. The van der Waals surface area contributed by atoms with Gasteiger partial charge in [-0.2, -0.15) is 0 Å². The summed E-state index contributed by atoms with van der Waals surface area (Å²) in [7, 11) is -3.59. The second kappa shape index (κ2) is 6.88. The number of ether oxygens (including phenoxy) is 1. The minimum atomic E-state index is -3.59. The second-order valence-corrected chi connectivity index (χ2v) is 7.26. The van der Waals surface area contributed by atoms with Crippen LogP contribution in [0.1, 0.15) is 11.8 Å². The molecule has 0 aliphatic rings. The normalized spacial score (nSPS) is 11.3. The fourth-order valence-electron chi connectivity index (χ4n) is 1.66. The summed E-state index contributed by atoms with van der Waals surface area (Å²) >= 11 is 1.22. The first-order chi connectivity index (χ1) is 10.0. The van der Waals surface area contributed by atoms with Crippen LogP contribution in [0.25, 0.3) is 0 Å². The fraction of sp³-hybridized carbons (Fsp3) is 0.308. The molecular formula is C13H17N3O3S2. The Bertz CT molecular complexity index is 681. The van der Waals surface area contributed by atoms with Gasteiger partial charge in [-0.1, -0.05) is 0 Å². The summed E-state index contributed by atoms with van der Waals surface area (Å²) in [6.07, 6.45) is 2.10. The molecule has 2 aromatic heterocycles. The average molecular weight is 327 g/mol. The van der Waals surface area contributed by atoms with E-state index in [0.29, 0.717) is 31.1 Å². The van der Waals surface area contributed by atoms with E-state index < -0.39 is 10.0 Å². The molecule has 114 valence electrons. The Morgan fingerprint density at radius 1 is 1.33 bits per heavy atom. The van der Waals surface area contributed by atoms with Crippen LogP contribution in [-0.4, -0.2) is 26.6 Å². The van der Waals surface area contributed by atoms with Gasteiger partial charge in [-0.15, -0.1) is 11.3 Å². The fourth-order valence-corrected chi connectivity index (χ4v) is 4.07. The van der Waals surface area contributed by atoms with Crippen molar-refractivity contribution in [2.75, 3.05) is 17.9 Å². The molecule has 0 aliphatic heterocycles. The van der Waals surface area contributed by atoms with E-state index in [-0.39, 0.29) is 4.21 Å². The molecular weight excluding hydrogens is 310 g/mol. The number of hydrogen-bond donors (Lipinski definition) is 2. The van der Waals surface area contributed by atoms with Gasteiger partial charge in [-0.25, -0.2) is 13.4 Å². The van der Waals surface area contributed by atoms with Crippen LogP contribution in [0, 0.1) is 0 Å². The number of nitrogens with one attached hydrogen (secondary N) is 1. The lowest BCUT2D eigenvalue weighted by Gasteiger charge is -2.07. The predicted molar refractivity (Wildman–Crippen MR) is 83.3 cm³/mol. The van der Waals surface area contributed by atoms with Crippen LogP contribution in [0.2, 0.25) is 0 Å². The molecule has 0 fully saturated rings. The summed E-state index contributed by atoms with van der Waals surface area (Å²) in [5.74, 6) is 0.460. The van der Waals surface area contributed by atoms with Gasteiger partial charge in [0.25, 0.3) is 10.0 Å². The molecule has 0 aromatic carbocycles. The highest BCUT2D eigenvalue weighted by Crippen LogP contribution is 2.24. The van der Waals surface area contributed by atoms with E-state index in [1.54, 1.807) is 24.3 Å². The van der Waals surface area contributed by atoms with Gasteiger partial charge >= 0.3 is 0 Å². The van der Waals surface area contributed by atoms with Gasteiger partial charge in [0.2, 0.25) is 5.88 Å². The maximum atomic E-state index is 12.2. The molecule has 2 rings (SSSR count). The summed E-state index contributed by atoms with van der Waals surface area (Å²) < 4.78 is 32.4. The minimum absolute atomic E-state index is 0.264. The number of nitrogens with two attached hydrogens (primary N) is 1. The van der Waals surface area contributed by atoms with Crippen molar-refractivity contribution < 1.29 is 13.2 Å². The Balaban J connectivity index is 2.12. The molecule has 0 bridgehead atoms. The predicted octanol–water partition coefficient (Wildman–Crippen LogP) is 1.84. The van der Waals surface area contributed by atoms with Crippen LogP contribution in [0.15, 0.2) is 34.7 Å². The van der Waals surface area contributed by atoms with Crippen molar-refractivity contribution in [1.29, 1.82) is 0 Å². The SMILES string of the molecule is CCOc1ccc(NS(=O)(=O)c2ccc(CCN)s2)cn1. The number of hydrogen-bond acceptors (Lipinski definition) is 6. The molecule has 0 spiro atoms. The Morgan fingerprint density at radius 3 is 2.76 bits per heavy atom.